The van der Waals surface area contributed by atoms with Gasteiger partial charge in [-0.2, -0.15) is 13.1 Å². The summed E-state index contributed by atoms with van der Waals surface area (Å²) in [7, 11) is -3.77. The number of sulfonamides is 1. The lowest BCUT2D eigenvalue weighted by Crippen LogP contribution is -2.30. The predicted molar refractivity (Wildman–Crippen MR) is 124 cm³/mol. The van der Waals surface area contributed by atoms with Gasteiger partial charge in [0.1, 0.15) is 0 Å². The molecule has 0 aliphatic rings. The fourth-order valence-corrected chi connectivity index (χ4v) is 6.46. The van der Waals surface area contributed by atoms with Gasteiger partial charge >= 0.3 is 0 Å². The third kappa shape index (κ3) is 4.86. The first kappa shape index (κ1) is 23.5. The van der Waals surface area contributed by atoms with E-state index in [-0.39, 0.29) is 27.1 Å². The minimum absolute atomic E-state index is 0.0950. The maximum atomic E-state index is 12.8. The molecule has 3 aromatic heterocycles. The molecule has 0 amide bonds. The minimum Gasteiger partial charge on any atom is -0.504 e. The van der Waals surface area contributed by atoms with E-state index in [0.717, 1.165) is 28.6 Å². The molecule has 31 heavy (non-hydrogen) atoms. The first-order valence-corrected chi connectivity index (χ1v) is 12.8. The fourth-order valence-electron chi connectivity index (χ4n) is 3.16. The highest BCUT2D eigenvalue weighted by atomic mass is 32.2. The number of thiophene rings is 1. The highest BCUT2D eigenvalue weighted by Crippen LogP contribution is 2.42. The summed E-state index contributed by atoms with van der Waals surface area (Å²) in [5.41, 5.74) is 1.08. The van der Waals surface area contributed by atoms with Crippen molar-refractivity contribution >= 4 is 50.4 Å². The predicted octanol–water partition coefficient (Wildman–Crippen LogP) is 4.87. The number of nitrogens with one attached hydrogen (secondary N) is 2. The van der Waals surface area contributed by atoms with Crippen molar-refractivity contribution in [3.8, 4) is 5.75 Å². The molecule has 0 radical (unpaired) electrons. The first-order valence-electron chi connectivity index (χ1n) is 9.78. The quantitative estimate of drug-likeness (QED) is 0.392. The van der Waals surface area contributed by atoms with Crippen LogP contribution in [-0.2, 0) is 10.0 Å². The van der Waals surface area contributed by atoms with E-state index in [1.807, 2.05) is 6.07 Å². The maximum absolute atomic E-state index is 12.8. The lowest BCUT2D eigenvalue weighted by Gasteiger charge is -2.31. The molecule has 0 unspecified atom stereocenters. The van der Waals surface area contributed by atoms with Crippen LogP contribution in [0.5, 0.6) is 5.75 Å². The largest absolute Gasteiger partial charge is 0.504 e. The van der Waals surface area contributed by atoms with Gasteiger partial charge in [0, 0.05) is 24.0 Å². The van der Waals surface area contributed by atoms with Crippen LogP contribution in [0, 0.1) is 5.41 Å². The van der Waals surface area contributed by atoms with Gasteiger partial charge in [-0.15, -0.1) is 11.3 Å². The Morgan fingerprint density at radius 2 is 1.90 bits per heavy atom. The summed E-state index contributed by atoms with van der Waals surface area (Å²) in [5, 5.41) is 18.6. The van der Waals surface area contributed by atoms with Crippen molar-refractivity contribution < 1.29 is 17.9 Å². The Morgan fingerprint density at radius 1 is 1.23 bits per heavy atom. The van der Waals surface area contributed by atoms with E-state index in [0.29, 0.717) is 24.7 Å². The second-order valence-electron chi connectivity index (χ2n) is 7.96. The Hall–Kier alpha value is -2.15. The third-order valence-corrected chi connectivity index (χ3v) is 8.85. The van der Waals surface area contributed by atoms with E-state index in [1.165, 1.54) is 4.31 Å². The fraction of sp³-hybridized carbons (Fsp3) is 0.474. The molecule has 1 atom stereocenters. The smallest absolute Gasteiger partial charge is 0.256 e. The van der Waals surface area contributed by atoms with Gasteiger partial charge in [0.15, 0.2) is 21.6 Å². The normalized spacial score (nSPS) is 13.5. The standard InChI is InChI=1S/C19H27N5O4S3/c1-6-24(7-2)31(26,27)18-14(25)13(11-29-18)20-16-17(23-30-22-16)21-15(19(3,4)5)12-8-9-28-10-12/h8-11,15,25H,6-7H2,1-5H3,(H,20,22)(H,21,23)/t15-/m0/s1. The SMILES string of the molecule is CCN(CC)S(=O)(=O)c1scc(Nc2nsnc2N[C@@H](c2ccoc2)C(C)(C)C)c1O. The number of hydrogen-bond acceptors (Lipinski definition) is 10. The van der Waals surface area contributed by atoms with Crippen LogP contribution in [0.4, 0.5) is 17.3 Å². The molecule has 0 aliphatic carbocycles. The van der Waals surface area contributed by atoms with Crippen molar-refractivity contribution in [1.29, 1.82) is 0 Å². The number of anilines is 3. The highest BCUT2D eigenvalue weighted by molar-refractivity contribution is 7.91. The summed E-state index contributed by atoms with van der Waals surface area (Å²) < 4.78 is 40.6. The van der Waals surface area contributed by atoms with Crippen LogP contribution in [0.3, 0.4) is 0 Å². The molecule has 3 aromatic rings. The van der Waals surface area contributed by atoms with Gasteiger partial charge in [0.05, 0.1) is 36.0 Å². The zero-order valence-electron chi connectivity index (χ0n) is 18.0. The molecular formula is C19H27N5O4S3. The van der Waals surface area contributed by atoms with Crippen molar-refractivity contribution in [2.75, 3.05) is 23.7 Å². The molecule has 3 N–H and O–H groups in total. The number of rotatable bonds is 9. The number of aromatic nitrogens is 2. The molecule has 0 aliphatic heterocycles. The second kappa shape index (κ2) is 9.15. The van der Waals surface area contributed by atoms with Crippen LogP contribution >= 0.6 is 23.1 Å². The molecule has 0 saturated carbocycles. The summed E-state index contributed by atoms with van der Waals surface area (Å²) in [6, 6.07) is 1.79. The topological polar surface area (TPSA) is 121 Å². The molecule has 0 aromatic carbocycles. The molecule has 0 bridgehead atoms. The van der Waals surface area contributed by atoms with Gasteiger partial charge in [-0.05, 0) is 11.5 Å². The summed E-state index contributed by atoms with van der Waals surface area (Å²) in [6.45, 7) is 10.5. The van der Waals surface area contributed by atoms with Gasteiger partial charge in [-0.1, -0.05) is 34.6 Å². The Bertz CT molecular complexity index is 1100. The van der Waals surface area contributed by atoms with Crippen LogP contribution in [0.15, 0.2) is 32.6 Å². The number of furan rings is 1. The van der Waals surface area contributed by atoms with E-state index in [2.05, 4.69) is 40.2 Å². The molecule has 3 heterocycles. The van der Waals surface area contributed by atoms with Crippen LogP contribution in [0.2, 0.25) is 0 Å². The maximum Gasteiger partial charge on any atom is 0.256 e. The van der Waals surface area contributed by atoms with Gasteiger partial charge < -0.3 is 20.2 Å². The van der Waals surface area contributed by atoms with Gasteiger partial charge in [0.2, 0.25) is 0 Å². The average molecular weight is 486 g/mol. The minimum atomic E-state index is -3.77. The zero-order chi connectivity index (χ0) is 22.8. The monoisotopic (exact) mass is 485 g/mol. The van der Waals surface area contributed by atoms with Crippen molar-refractivity contribution in [3.63, 3.8) is 0 Å². The summed E-state index contributed by atoms with van der Waals surface area (Å²) >= 11 is 1.98. The van der Waals surface area contributed by atoms with Gasteiger partial charge in [-0.3, -0.25) is 0 Å². The van der Waals surface area contributed by atoms with Crippen molar-refractivity contribution in [2.45, 2.75) is 44.9 Å². The van der Waals surface area contributed by atoms with E-state index < -0.39 is 10.0 Å². The Kier molecular flexibility index (Phi) is 6.94. The molecule has 12 heteroatoms. The lowest BCUT2D eigenvalue weighted by molar-refractivity contribution is 0.345. The average Bonchev–Trinajstić information content (AvgIpc) is 3.43. The third-order valence-electron chi connectivity index (χ3n) is 4.78. The molecule has 0 saturated heterocycles. The van der Waals surface area contributed by atoms with Crippen molar-refractivity contribution in [1.82, 2.24) is 13.1 Å². The highest BCUT2D eigenvalue weighted by Gasteiger charge is 2.31. The van der Waals surface area contributed by atoms with E-state index in [4.69, 9.17) is 4.42 Å². The molecule has 0 spiro atoms. The zero-order valence-corrected chi connectivity index (χ0v) is 20.5. The van der Waals surface area contributed by atoms with Gasteiger partial charge in [0.25, 0.3) is 10.0 Å². The molecule has 0 fully saturated rings. The number of hydrogen-bond donors (Lipinski definition) is 3. The molecular weight excluding hydrogens is 458 g/mol. The van der Waals surface area contributed by atoms with Crippen LogP contribution in [0.1, 0.15) is 46.2 Å². The van der Waals surface area contributed by atoms with E-state index in [1.54, 1.807) is 31.8 Å². The summed E-state index contributed by atoms with van der Waals surface area (Å²) in [6.07, 6.45) is 3.31. The van der Waals surface area contributed by atoms with Crippen molar-refractivity contribution in [2.24, 2.45) is 5.41 Å². The Balaban J connectivity index is 1.87. The van der Waals surface area contributed by atoms with Crippen LogP contribution in [-0.4, -0.2) is 39.7 Å². The number of aromatic hydroxyl groups is 1. The van der Waals surface area contributed by atoms with Gasteiger partial charge in [-0.25, -0.2) is 8.42 Å². The second-order valence-corrected chi connectivity index (χ2v) is 11.5. The Labute approximate surface area is 190 Å². The molecule has 3 rings (SSSR count). The number of nitrogens with zero attached hydrogens (tertiary/aromatic N) is 3. The van der Waals surface area contributed by atoms with Crippen LogP contribution < -0.4 is 10.6 Å². The van der Waals surface area contributed by atoms with Crippen molar-refractivity contribution in [3.05, 3.63) is 29.5 Å². The Morgan fingerprint density at radius 3 is 2.48 bits per heavy atom. The molecule has 9 nitrogen and oxygen atoms in total. The van der Waals surface area contributed by atoms with E-state index in [9.17, 15) is 13.5 Å². The summed E-state index contributed by atoms with van der Waals surface area (Å²) in [5.74, 6) is 0.588. The van der Waals surface area contributed by atoms with Crippen LogP contribution in [0.25, 0.3) is 0 Å². The summed E-state index contributed by atoms with van der Waals surface area (Å²) in [4.78, 5) is 0. The first-order chi connectivity index (χ1) is 14.6. The van der Waals surface area contributed by atoms with E-state index >= 15 is 0 Å². The lowest BCUT2D eigenvalue weighted by atomic mass is 9.83. The molecule has 170 valence electrons.